The standard InChI is InChI=1S/C27H27Br2NO4/c1-3-32-26(27(31)33-4-2)15-18-5-9-21(10-6-18)34-14-13-30-24-11-7-19(28)16-22(24)23-17-20(29)8-12-25(23)30/h5-12,16-17,26H,3-4,13-15H2,1-2H3/t26-/m0/s1. The van der Waals surface area contributed by atoms with Crippen molar-refractivity contribution in [3.05, 3.63) is 75.2 Å². The summed E-state index contributed by atoms with van der Waals surface area (Å²) < 4.78 is 21.2. The highest BCUT2D eigenvalue weighted by atomic mass is 79.9. The molecule has 0 amide bonds. The van der Waals surface area contributed by atoms with Gasteiger partial charge in [-0.2, -0.15) is 0 Å². The first-order valence-electron chi connectivity index (χ1n) is 11.4. The number of ether oxygens (including phenoxy) is 3. The number of esters is 1. The van der Waals surface area contributed by atoms with Gasteiger partial charge >= 0.3 is 5.97 Å². The molecule has 0 aliphatic heterocycles. The van der Waals surface area contributed by atoms with E-state index in [0.717, 1.165) is 26.8 Å². The average molecular weight is 589 g/mol. The van der Waals surface area contributed by atoms with E-state index in [0.29, 0.717) is 26.2 Å². The van der Waals surface area contributed by atoms with Crippen LogP contribution in [0, 0.1) is 0 Å². The van der Waals surface area contributed by atoms with Crippen LogP contribution in [0.5, 0.6) is 5.75 Å². The van der Waals surface area contributed by atoms with Crippen LogP contribution in [0.3, 0.4) is 0 Å². The lowest BCUT2D eigenvalue weighted by molar-refractivity contribution is -0.156. The van der Waals surface area contributed by atoms with Crippen LogP contribution in [0.15, 0.2) is 69.6 Å². The molecule has 0 aliphatic rings. The van der Waals surface area contributed by atoms with Crippen LogP contribution in [0.1, 0.15) is 19.4 Å². The molecule has 3 aromatic carbocycles. The molecule has 34 heavy (non-hydrogen) atoms. The number of nitrogens with zero attached hydrogens (tertiary/aromatic N) is 1. The van der Waals surface area contributed by atoms with Crippen molar-refractivity contribution < 1.29 is 19.0 Å². The summed E-state index contributed by atoms with van der Waals surface area (Å²) in [4.78, 5) is 12.1. The van der Waals surface area contributed by atoms with Crippen LogP contribution in [-0.2, 0) is 27.2 Å². The second-order valence-electron chi connectivity index (χ2n) is 7.87. The molecule has 0 spiro atoms. The highest BCUT2D eigenvalue weighted by Gasteiger charge is 2.20. The molecule has 0 saturated carbocycles. The zero-order valence-electron chi connectivity index (χ0n) is 19.2. The molecule has 0 unspecified atom stereocenters. The molecule has 0 aliphatic carbocycles. The summed E-state index contributed by atoms with van der Waals surface area (Å²) in [7, 11) is 0. The van der Waals surface area contributed by atoms with E-state index < -0.39 is 6.10 Å². The smallest absolute Gasteiger partial charge is 0.335 e. The third-order valence-corrected chi connectivity index (χ3v) is 6.62. The summed E-state index contributed by atoms with van der Waals surface area (Å²) in [5.41, 5.74) is 3.35. The Kier molecular flexibility index (Phi) is 8.29. The first kappa shape index (κ1) is 24.8. The van der Waals surface area contributed by atoms with Gasteiger partial charge < -0.3 is 18.8 Å². The van der Waals surface area contributed by atoms with Crippen molar-refractivity contribution in [2.75, 3.05) is 19.8 Å². The molecule has 4 rings (SSSR count). The fraction of sp³-hybridized carbons (Fsp3) is 0.296. The minimum atomic E-state index is -0.591. The molecule has 5 nitrogen and oxygen atoms in total. The minimum absolute atomic E-state index is 0.324. The van der Waals surface area contributed by atoms with Gasteiger partial charge in [0.1, 0.15) is 12.4 Å². The largest absolute Gasteiger partial charge is 0.492 e. The van der Waals surface area contributed by atoms with Crippen molar-refractivity contribution in [3.63, 3.8) is 0 Å². The molecule has 4 aromatic rings. The monoisotopic (exact) mass is 587 g/mol. The second kappa shape index (κ2) is 11.4. The highest BCUT2D eigenvalue weighted by Crippen LogP contribution is 2.33. The Morgan fingerprint density at radius 1 is 0.882 bits per heavy atom. The van der Waals surface area contributed by atoms with E-state index in [1.807, 2.05) is 31.2 Å². The maximum Gasteiger partial charge on any atom is 0.335 e. The van der Waals surface area contributed by atoms with E-state index in [1.54, 1.807) is 6.92 Å². The molecular weight excluding hydrogens is 562 g/mol. The van der Waals surface area contributed by atoms with Crippen molar-refractivity contribution in [2.45, 2.75) is 32.9 Å². The maximum absolute atomic E-state index is 12.1. The summed E-state index contributed by atoms with van der Waals surface area (Å²) in [6, 6.07) is 20.5. The number of carbonyl (C=O) groups excluding carboxylic acids is 1. The van der Waals surface area contributed by atoms with Crippen molar-refractivity contribution >= 4 is 59.6 Å². The Bertz CT molecular complexity index is 1220. The van der Waals surface area contributed by atoms with Gasteiger partial charge in [-0.25, -0.2) is 4.79 Å². The summed E-state index contributed by atoms with van der Waals surface area (Å²) in [5, 5.41) is 2.42. The topological polar surface area (TPSA) is 49.7 Å². The molecule has 0 fully saturated rings. The number of carbonyl (C=O) groups is 1. The fourth-order valence-electron chi connectivity index (χ4n) is 4.13. The number of aromatic nitrogens is 1. The Hall–Kier alpha value is -2.35. The lowest BCUT2D eigenvalue weighted by atomic mass is 10.1. The SMILES string of the molecule is CCOC(=O)[C@H](Cc1ccc(OCCn2c3ccc(Br)cc3c3cc(Br)ccc32)cc1)OCC. The van der Waals surface area contributed by atoms with Gasteiger partial charge in [0.25, 0.3) is 0 Å². The van der Waals surface area contributed by atoms with Crippen molar-refractivity contribution in [3.8, 4) is 5.75 Å². The predicted octanol–water partition coefficient (Wildman–Crippen LogP) is 6.91. The quantitative estimate of drug-likeness (QED) is 0.189. The van der Waals surface area contributed by atoms with Crippen molar-refractivity contribution in [1.29, 1.82) is 0 Å². The lowest BCUT2D eigenvalue weighted by Crippen LogP contribution is -2.28. The summed E-state index contributed by atoms with van der Waals surface area (Å²) in [5.74, 6) is 0.467. The van der Waals surface area contributed by atoms with Gasteiger partial charge in [0.05, 0.1) is 13.2 Å². The van der Waals surface area contributed by atoms with Gasteiger partial charge in [0, 0.05) is 43.8 Å². The van der Waals surface area contributed by atoms with Gasteiger partial charge in [-0.05, 0) is 67.9 Å². The zero-order chi connectivity index (χ0) is 24.1. The van der Waals surface area contributed by atoms with Gasteiger partial charge in [-0.15, -0.1) is 0 Å². The van der Waals surface area contributed by atoms with Crippen molar-refractivity contribution in [1.82, 2.24) is 4.57 Å². The highest BCUT2D eigenvalue weighted by molar-refractivity contribution is 9.10. The minimum Gasteiger partial charge on any atom is -0.492 e. The molecule has 178 valence electrons. The van der Waals surface area contributed by atoms with Gasteiger partial charge in [-0.3, -0.25) is 0 Å². The first-order chi connectivity index (χ1) is 16.5. The molecule has 0 bridgehead atoms. The molecule has 7 heteroatoms. The number of halogens is 2. The van der Waals surface area contributed by atoms with Crippen LogP contribution in [0.2, 0.25) is 0 Å². The Morgan fingerprint density at radius 3 is 2.06 bits per heavy atom. The van der Waals surface area contributed by atoms with E-state index >= 15 is 0 Å². The molecule has 1 atom stereocenters. The molecule has 0 saturated heterocycles. The average Bonchev–Trinajstić information content (AvgIpc) is 3.12. The number of fused-ring (bicyclic) bond motifs is 3. The molecule has 0 N–H and O–H groups in total. The van der Waals surface area contributed by atoms with Gasteiger partial charge in [0.15, 0.2) is 6.10 Å². The molecular formula is C27H27Br2NO4. The van der Waals surface area contributed by atoms with Crippen LogP contribution < -0.4 is 4.74 Å². The van der Waals surface area contributed by atoms with Crippen LogP contribution in [0.25, 0.3) is 21.8 Å². The Labute approximate surface area is 216 Å². The van der Waals surface area contributed by atoms with E-state index in [1.165, 1.54) is 21.8 Å². The van der Waals surface area contributed by atoms with Gasteiger partial charge in [0.2, 0.25) is 0 Å². The summed E-state index contributed by atoms with van der Waals surface area (Å²) in [6.07, 6.45) is -0.119. The van der Waals surface area contributed by atoms with Crippen LogP contribution in [0.4, 0.5) is 0 Å². The van der Waals surface area contributed by atoms with E-state index in [9.17, 15) is 4.79 Å². The third kappa shape index (κ3) is 5.65. The third-order valence-electron chi connectivity index (χ3n) is 5.63. The molecule has 0 radical (unpaired) electrons. The van der Waals surface area contributed by atoms with E-state index in [4.69, 9.17) is 14.2 Å². The number of hydrogen-bond donors (Lipinski definition) is 0. The molecule has 1 heterocycles. The normalized spacial score (nSPS) is 12.2. The first-order valence-corrected chi connectivity index (χ1v) is 13.0. The van der Waals surface area contributed by atoms with Crippen molar-refractivity contribution in [2.24, 2.45) is 0 Å². The summed E-state index contributed by atoms with van der Waals surface area (Å²) in [6.45, 7) is 5.73. The van der Waals surface area contributed by atoms with E-state index in [-0.39, 0.29) is 5.97 Å². The van der Waals surface area contributed by atoms with Crippen LogP contribution in [-0.4, -0.2) is 36.5 Å². The lowest BCUT2D eigenvalue weighted by Gasteiger charge is -2.16. The predicted molar refractivity (Wildman–Crippen MR) is 143 cm³/mol. The summed E-state index contributed by atoms with van der Waals surface area (Å²) >= 11 is 7.19. The number of hydrogen-bond acceptors (Lipinski definition) is 4. The second-order valence-corrected chi connectivity index (χ2v) is 9.70. The number of rotatable bonds is 10. The van der Waals surface area contributed by atoms with Crippen LogP contribution >= 0.6 is 31.9 Å². The maximum atomic E-state index is 12.1. The Balaban J connectivity index is 1.44. The van der Waals surface area contributed by atoms with Gasteiger partial charge in [-0.1, -0.05) is 44.0 Å². The molecule has 1 aromatic heterocycles. The number of benzene rings is 3. The zero-order valence-corrected chi connectivity index (χ0v) is 22.4. The fourth-order valence-corrected chi connectivity index (χ4v) is 4.85. The Morgan fingerprint density at radius 2 is 1.50 bits per heavy atom. The van der Waals surface area contributed by atoms with E-state index in [2.05, 4.69) is 72.8 Å².